The zero-order valence-electron chi connectivity index (χ0n) is 9.23. The molecule has 1 rings (SSSR count). The second kappa shape index (κ2) is 5.33. The monoisotopic (exact) mass is 278 g/mol. The van der Waals surface area contributed by atoms with Crippen molar-refractivity contribution in [1.82, 2.24) is 4.98 Å². The van der Waals surface area contributed by atoms with Crippen LogP contribution in [-0.4, -0.2) is 32.2 Å². The fraction of sp³-hybridized carbons (Fsp3) is 0.333. The van der Waals surface area contributed by atoms with Crippen LogP contribution < -0.4 is 4.72 Å². The standard InChI is InChI=1S/C9H11ClN2O4S/c1-3-17(14,15)12-8-5-6(9(13)16-2)4-7(10)11-8/h4-5H,3H2,1-2H3,(H,11,12). The number of methoxy groups -OCH3 is 1. The van der Waals surface area contributed by atoms with Gasteiger partial charge in [0, 0.05) is 0 Å². The van der Waals surface area contributed by atoms with Gasteiger partial charge < -0.3 is 4.74 Å². The molecule has 0 spiro atoms. The topological polar surface area (TPSA) is 85.4 Å². The Morgan fingerprint density at radius 3 is 2.71 bits per heavy atom. The summed E-state index contributed by atoms with van der Waals surface area (Å²) in [5, 5.41) is 0.00158. The maximum absolute atomic E-state index is 11.3. The SMILES string of the molecule is CCS(=O)(=O)Nc1cc(C(=O)OC)cc(Cl)n1. The molecule has 0 saturated heterocycles. The number of aromatic nitrogens is 1. The Morgan fingerprint density at radius 1 is 1.53 bits per heavy atom. The summed E-state index contributed by atoms with van der Waals surface area (Å²) < 4.78 is 29.3. The molecule has 0 saturated carbocycles. The summed E-state index contributed by atoms with van der Waals surface area (Å²) in [5.41, 5.74) is 0.126. The van der Waals surface area contributed by atoms with E-state index >= 15 is 0 Å². The number of halogens is 1. The predicted octanol–water partition coefficient (Wildman–Crippen LogP) is 1.28. The third kappa shape index (κ3) is 3.86. The molecule has 94 valence electrons. The van der Waals surface area contributed by atoms with Crippen molar-refractivity contribution in [3.8, 4) is 0 Å². The van der Waals surface area contributed by atoms with Crippen LogP contribution in [0.3, 0.4) is 0 Å². The first-order valence-corrected chi connectivity index (χ1v) is 6.67. The molecule has 17 heavy (non-hydrogen) atoms. The van der Waals surface area contributed by atoms with Crippen LogP contribution in [0.15, 0.2) is 12.1 Å². The number of anilines is 1. The molecule has 1 aromatic heterocycles. The summed E-state index contributed by atoms with van der Waals surface area (Å²) >= 11 is 5.67. The van der Waals surface area contributed by atoms with Crippen LogP contribution in [0, 0.1) is 0 Å². The molecule has 6 nitrogen and oxygen atoms in total. The molecule has 0 atom stereocenters. The molecular formula is C9H11ClN2O4S. The van der Waals surface area contributed by atoms with Crippen LogP contribution in [0.5, 0.6) is 0 Å². The average molecular weight is 279 g/mol. The smallest absolute Gasteiger partial charge is 0.338 e. The van der Waals surface area contributed by atoms with E-state index in [0.717, 1.165) is 0 Å². The second-order valence-corrected chi connectivity index (χ2v) is 5.46. The quantitative estimate of drug-likeness (QED) is 0.662. The van der Waals surface area contributed by atoms with Crippen molar-refractivity contribution < 1.29 is 17.9 Å². The first-order chi connectivity index (χ1) is 7.88. The minimum absolute atomic E-state index is 0.00158. The number of nitrogens with zero attached hydrogens (tertiary/aromatic N) is 1. The highest BCUT2D eigenvalue weighted by atomic mass is 35.5. The zero-order valence-corrected chi connectivity index (χ0v) is 10.8. The van der Waals surface area contributed by atoms with Gasteiger partial charge in [-0.05, 0) is 19.1 Å². The molecule has 0 aliphatic carbocycles. The van der Waals surface area contributed by atoms with E-state index < -0.39 is 16.0 Å². The van der Waals surface area contributed by atoms with Gasteiger partial charge in [0.25, 0.3) is 0 Å². The number of esters is 1. The number of pyridine rings is 1. The summed E-state index contributed by atoms with van der Waals surface area (Å²) in [6, 6.07) is 2.54. The van der Waals surface area contributed by atoms with Gasteiger partial charge in [0.05, 0.1) is 18.4 Å². The molecular weight excluding hydrogens is 268 g/mol. The molecule has 0 aliphatic heterocycles. The largest absolute Gasteiger partial charge is 0.465 e. The normalized spacial score (nSPS) is 11.0. The summed E-state index contributed by atoms with van der Waals surface area (Å²) in [6.07, 6.45) is 0. The van der Waals surface area contributed by atoms with E-state index in [1.54, 1.807) is 0 Å². The molecule has 0 unspecified atom stereocenters. The highest BCUT2D eigenvalue weighted by Gasteiger charge is 2.13. The number of carbonyl (C=O) groups excluding carboxylic acids is 1. The summed E-state index contributed by atoms with van der Waals surface area (Å²) in [7, 11) is -2.25. The zero-order chi connectivity index (χ0) is 13.1. The van der Waals surface area contributed by atoms with Gasteiger partial charge in [-0.1, -0.05) is 11.6 Å². The maximum atomic E-state index is 11.3. The van der Waals surface area contributed by atoms with Gasteiger partial charge in [-0.2, -0.15) is 0 Å². The average Bonchev–Trinajstić information content (AvgIpc) is 2.26. The van der Waals surface area contributed by atoms with Crippen molar-refractivity contribution in [2.24, 2.45) is 0 Å². The Kier molecular flexibility index (Phi) is 4.30. The highest BCUT2D eigenvalue weighted by Crippen LogP contribution is 2.16. The molecule has 0 radical (unpaired) electrons. The molecule has 0 bridgehead atoms. The van der Waals surface area contributed by atoms with Crippen molar-refractivity contribution in [3.63, 3.8) is 0 Å². The Balaban J connectivity index is 3.10. The van der Waals surface area contributed by atoms with Gasteiger partial charge in [0.2, 0.25) is 10.0 Å². The van der Waals surface area contributed by atoms with Gasteiger partial charge in [-0.15, -0.1) is 0 Å². The van der Waals surface area contributed by atoms with E-state index in [1.807, 2.05) is 0 Å². The third-order valence-corrected chi connectivity index (χ3v) is 3.33. The Labute approximate surface area is 104 Å². The lowest BCUT2D eigenvalue weighted by Gasteiger charge is -2.07. The maximum Gasteiger partial charge on any atom is 0.338 e. The first-order valence-electron chi connectivity index (χ1n) is 4.64. The number of hydrogen-bond acceptors (Lipinski definition) is 5. The number of nitrogens with one attached hydrogen (secondary N) is 1. The lowest BCUT2D eigenvalue weighted by atomic mass is 10.2. The summed E-state index contributed by atoms with van der Waals surface area (Å²) in [5.74, 6) is -0.736. The van der Waals surface area contributed by atoms with E-state index in [1.165, 1.54) is 26.2 Å². The Hall–Kier alpha value is -1.34. The molecule has 0 aromatic carbocycles. The predicted molar refractivity (Wildman–Crippen MR) is 63.7 cm³/mol. The van der Waals surface area contributed by atoms with Gasteiger partial charge in [0.15, 0.2) is 0 Å². The van der Waals surface area contributed by atoms with Gasteiger partial charge >= 0.3 is 5.97 Å². The van der Waals surface area contributed by atoms with Gasteiger partial charge in [-0.3, -0.25) is 4.72 Å². The molecule has 1 aromatic rings. The molecule has 8 heteroatoms. The van der Waals surface area contributed by atoms with Crippen LogP contribution in [0.4, 0.5) is 5.82 Å². The number of rotatable bonds is 4. The summed E-state index contributed by atoms with van der Waals surface area (Å²) in [4.78, 5) is 15.0. The van der Waals surface area contributed by atoms with Crippen molar-refractivity contribution in [2.45, 2.75) is 6.92 Å². The molecule has 1 heterocycles. The molecule has 0 fully saturated rings. The number of hydrogen-bond donors (Lipinski definition) is 1. The van der Waals surface area contributed by atoms with Crippen LogP contribution in [0.2, 0.25) is 5.15 Å². The van der Waals surface area contributed by atoms with Crippen molar-refractivity contribution >= 4 is 33.4 Å². The fourth-order valence-electron chi connectivity index (χ4n) is 1.02. The van der Waals surface area contributed by atoms with Crippen LogP contribution in [-0.2, 0) is 14.8 Å². The van der Waals surface area contributed by atoms with E-state index in [-0.39, 0.29) is 22.3 Å². The molecule has 0 aliphatic rings. The van der Waals surface area contributed by atoms with Crippen molar-refractivity contribution in [2.75, 3.05) is 17.6 Å². The van der Waals surface area contributed by atoms with Crippen LogP contribution >= 0.6 is 11.6 Å². The van der Waals surface area contributed by atoms with Gasteiger partial charge in [-0.25, -0.2) is 18.2 Å². The van der Waals surface area contributed by atoms with E-state index in [9.17, 15) is 13.2 Å². The summed E-state index contributed by atoms with van der Waals surface area (Å²) in [6.45, 7) is 1.48. The van der Waals surface area contributed by atoms with Crippen LogP contribution in [0.1, 0.15) is 17.3 Å². The van der Waals surface area contributed by atoms with E-state index in [2.05, 4.69) is 14.4 Å². The number of ether oxygens (including phenoxy) is 1. The van der Waals surface area contributed by atoms with Crippen molar-refractivity contribution in [3.05, 3.63) is 22.8 Å². The lowest BCUT2D eigenvalue weighted by molar-refractivity contribution is 0.0600. The first kappa shape index (κ1) is 13.7. The Bertz CT molecular complexity index is 530. The third-order valence-electron chi connectivity index (χ3n) is 1.86. The number of sulfonamides is 1. The second-order valence-electron chi connectivity index (χ2n) is 3.06. The highest BCUT2D eigenvalue weighted by molar-refractivity contribution is 7.92. The van der Waals surface area contributed by atoms with Gasteiger partial charge in [0.1, 0.15) is 11.0 Å². The number of carbonyl (C=O) groups is 1. The van der Waals surface area contributed by atoms with E-state index in [4.69, 9.17) is 11.6 Å². The lowest BCUT2D eigenvalue weighted by Crippen LogP contribution is -2.16. The molecule has 0 amide bonds. The minimum atomic E-state index is -3.46. The van der Waals surface area contributed by atoms with E-state index in [0.29, 0.717) is 0 Å². The van der Waals surface area contributed by atoms with Crippen LogP contribution in [0.25, 0.3) is 0 Å². The Morgan fingerprint density at radius 2 is 2.18 bits per heavy atom. The minimum Gasteiger partial charge on any atom is -0.465 e. The van der Waals surface area contributed by atoms with Crippen molar-refractivity contribution in [1.29, 1.82) is 0 Å². The fourth-order valence-corrected chi connectivity index (χ4v) is 1.79. The molecule has 1 N–H and O–H groups in total.